The summed E-state index contributed by atoms with van der Waals surface area (Å²) >= 11 is 0. The van der Waals surface area contributed by atoms with Gasteiger partial charge in [-0.2, -0.15) is 0 Å². The maximum absolute atomic E-state index is 14.5. The maximum atomic E-state index is 14.5. The van der Waals surface area contributed by atoms with Crippen LogP contribution in [0.15, 0.2) is 41.9 Å². The number of hydrogen-bond acceptors (Lipinski definition) is 3. The Balaban J connectivity index is 2.38. The highest BCUT2D eigenvalue weighted by molar-refractivity contribution is 5.86. The quantitative estimate of drug-likeness (QED) is 0.797. The number of benzene rings is 1. The van der Waals surface area contributed by atoms with Crippen LogP contribution in [0.25, 0.3) is 5.57 Å². The van der Waals surface area contributed by atoms with Crippen molar-refractivity contribution < 1.29 is 9.13 Å². The third-order valence-electron chi connectivity index (χ3n) is 3.90. The van der Waals surface area contributed by atoms with Crippen LogP contribution in [0.3, 0.4) is 0 Å². The van der Waals surface area contributed by atoms with Gasteiger partial charge in [-0.3, -0.25) is 0 Å². The molecule has 3 nitrogen and oxygen atoms in total. The van der Waals surface area contributed by atoms with Gasteiger partial charge in [-0.15, -0.1) is 0 Å². The van der Waals surface area contributed by atoms with Crippen molar-refractivity contribution in [1.29, 1.82) is 0 Å². The van der Waals surface area contributed by atoms with Gasteiger partial charge in [0.25, 0.3) is 0 Å². The Morgan fingerprint density at radius 2 is 1.86 bits per heavy atom. The highest BCUT2D eigenvalue weighted by atomic mass is 19.1. The van der Waals surface area contributed by atoms with Crippen LogP contribution in [0, 0.1) is 0 Å². The van der Waals surface area contributed by atoms with E-state index >= 15 is 0 Å². The number of para-hydroxylation sites is 1. The average Bonchev–Trinajstić information content (AvgIpc) is 2.52. The third kappa shape index (κ3) is 3.69. The fourth-order valence-electron chi connectivity index (χ4n) is 2.64. The molecule has 120 valence electrons. The molecule has 1 aromatic rings. The lowest BCUT2D eigenvalue weighted by molar-refractivity contribution is 0.305. The number of anilines is 1. The lowest BCUT2D eigenvalue weighted by atomic mass is 9.95. The Morgan fingerprint density at radius 3 is 2.55 bits per heavy atom. The van der Waals surface area contributed by atoms with Crippen molar-refractivity contribution in [2.24, 2.45) is 0 Å². The van der Waals surface area contributed by atoms with E-state index in [0.717, 1.165) is 24.3 Å². The van der Waals surface area contributed by atoms with Gasteiger partial charge in [-0.25, -0.2) is 4.39 Å². The predicted molar refractivity (Wildman–Crippen MR) is 90.6 cm³/mol. The second kappa shape index (κ2) is 7.45. The zero-order chi connectivity index (χ0) is 16.1. The summed E-state index contributed by atoms with van der Waals surface area (Å²) in [5.41, 5.74) is 2.52. The topological polar surface area (TPSA) is 15.7 Å². The number of likely N-dealkylation sites (N-methyl/N-ethyl adjacent to an activating group) is 2. The van der Waals surface area contributed by atoms with Gasteiger partial charge < -0.3 is 14.5 Å². The van der Waals surface area contributed by atoms with E-state index in [0.29, 0.717) is 24.2 Å². The number of halogens is 1. The summed E-state index contributed by atoms with van der Waals surface area (Å²) < 4.78 is 19.9. The summed E-state index contributed by atoms with van der Waals surface area (Å²) in [6, 6.07) is 7.94. The largest absolute Gasteiger partial charge is 0.496 e. The maximum Gasteiger partial charge on any atom is 0.125 e. The third-order valence-corrected chi connectivity index (χ3v) is 3.90. The Hall–Kier alpha value is -1.81. The number of methoxy groups -OCH3 is 1. The van der Waals surface area contributed by atoms with Crippen molar-refractivity contribution >= 4 is 11.3 Å². The first-order valence-corrected chi connectivity index (χ1v) is 7.63. The SMILES string of the molecule is COC1=CCCC(F)=C1c1ccccc1N(C)CCN(C)C. The molecule has 0 saturated carbocycles. The van der Waals surface area contributed by atoms with Crippen LogP contribution >= 0.6 is 0 Å². The molecule has 0 radical (unpaired) electrons. The minimum absolute atomic E-state index is 0.0900. The molecule has 0 spiro atoms. The van der Waals surface area contributed by atoms with Crippen molar-refractivity contribution in [3.8, 4) is 0 Å². The van der Waals surface area contributed by atoms with Crippen molar-refractivity contribution in [3.63, 3.8) is 0 Å². The lowest BCUT2D eigenvalue weighted by Gasteiger charge is -2.26. The predicted octanol–water partition coefficient (Wildman–Crippen LogP) is 3.69. The van der Waals surface area contributed by atoms with E-state index in [1.807, 2.05) is 37.4 Å². The molecule has 1 aromatic carbocycles. The molecule has 2 rings (SSSR count). The van der Waals surface area contributed by atoms with E-state index in [2.05, 4.69) is 23.9 Å². The number of rotatable bonds is 6. The van der Waals surface area contributed by atoms with Crippen molar-refractivity contribution in [3.05, 3.63) is 47.5 Å². The zero-order valence-electron chi connectivity index (χ0n) is 13.9. The minimum Gasteiger partial charge on any atom is -0.496 e. The van der Waals surface area contributed by atoms with Gasteiger partial charge in [0.15, 0.2) is 0 Å². The van der Waals surface area contributed by atoms with E-state index < -0.39 is 0 Å². The molecule has 4 heteroatoms. The molecular formula is C18H25FN2O. The molecule has 0 amide bonds. The number of hydrogen-bond donors (Lipinski definition) is 0. The van der Waals surface area contributed by atoms with Crippen LogP contribution in [0.5, 0.6) is 0 Å². The van der Waals surface area contributed by atoms with E-state index in [4.69, 9.17) is 4.74 Å². The molecule has 0 bridgehead atoms. The first-order valence-electron chi connectivity index (χ1n) is 7.63. The summed E-state index contributed by atoms with van der Waals surface area (Å²) in [7, 11) is 7.74. The first kappa shape index (κ1) is 16.6. The summed E-state index contributed by atoms with van der Waals surface area (Å²) in [4.78, 5) is 4.30. The van der Waals surface area contributed by atoms with E-state index in [1.165, 1.54) is 0 Å². The van der Waals surface area contributed by atoms with E-state index in [-0.39, 0.29) is 5.83 Å². The van der Waals surface area contributed by atoms with Gasteiger partial charge in [0.2, 0.25) is 0 Å². The summed E-state index contributed by atoms with van der Waals surface area (Å²) in [5, 5.41) is 0. The molecule has 0 aromatic heterocycles. The molecule has 1 aliphatic carbocycles. The highest BCUT2D eigenvalue weighted by Gasteiger charge is 2.22. The standard InChI is InChI=1S/C18H25FN2O/c1-20(2)12-13-21(3)16-10-6-5-8-14(16)18-15(19)9-7-11-17(18)22-4/h5-6,8,10-11H,7,9,12-13H2,1-4H3. The van der Waals surface area contributed by atoms with E-state index in [9.17, 15) is 4.39 Å². The normalized spacial score (nSPS) is 15.1. The number of allylic oxidation sites excluding steroid dienone is 3. The molecule has 0 aliphatic heterocycles. The van der Waals surface area contributed by atoms with Gasteiger partial charge in [-0.1, -0.05) is 18.2 Å². The molecule has 0 N–H and O–H groups in total. The first-order chi connectivity index (χ1) is 10.5. The smallest absolute Gasteiger partial charge is 0.125 e. The van der Waals surface area contributed by atoms with Crippen molar-refractivity contribution in [2.45, 2.75) is 12.8 Å². The van der Waals surface area contributed by atoms with Gasteiger partial charge >= 0.3 is 0 Å². The van der Waals surface area contributed by atoms with Crippen LogP contribution in [-0.4, -0.2) is 46.2 Å². The Morgan fingerprint density at radius 1 is 1.14 bits per heavy atom. The number of ether oxygens (including phenoxy) is 1. The Bertz CT molecular complexity index is 578. The molecule has 0 fully saturated rings. The van der Waals surface area contributed by atoms with Crippen LogP contribution in [0.1, 0.15) is 18.4 Å². The monoisotopic (exact) mass is 304 g/mol. The fraction of sp³-hybridized carbons (Fsp3) is 0.444. The van der Waals surface area contributed by atoms with Gasteiger partial charge in [0.1, 0.15) is 11.6 Å². The van der Waals surface area contributed by atoms with Crippen LogP contribution in [0.4, 0.5) is 10.1 Å². The Kier molecular flexibility index (Phi) is 5.61. The fourth-order valence-corrected chi connectivity index (χ4v) is 2.64. The zero-order valence-corrected chi connectivity index (χ0v) is 13.9. The lowest BCUT2D eigenvalue weighted by Crippen LogP contribution is -2.29. The summed E-state index contributed by atoms with van der Waals surface area (Å²) in [5.74, 6) is 0.546. The minimum atomic E-state index is -0.0900. The van der Waals surface area contributed by atoms with Gasteiger partial charge in [0.05, 0.1) is 12.7 Å². The highest BCUT2D eigenvalue weighted by Crippen LogP contribution is 2.38. The molecule has 1 aliphatic rings. The number of nitrogens with zero attached hydrogens (tertiary/aromatic N) is 2. The second-order valence-corrected chi connectivity index (χ2v) is 5.83. The molecule has 0 unspecified atom stereocenters. The van der Waals surface area contributed by atoms with Crippen LogP contribution in [0.2, 0.25) is 0 Å². The molecule has 0 heterocycles. The van der Waals surface area contributed by atoms with E-state index in [1.54, 1.807) is 7.11 Å². The van der Waals surface area contributed by atoms with Crippen LogP contribution < -0.4 is 4.90 Å². The Labute approximate surface area is 132 Å². The average molecular weight is 304 g/mol. The molecule has 22 heavy (non-hydrogen) atoms. The van der Waals surface area contributed by atoms with Crippen molar-refractivity contribution in [1.82, 2.24) is 4.90 Å². The van der Waals surface area contributed by atoms with Gasteiger partial charge in [-0.05, 0) is 32.7 Å². The van der Waals surface area contributed by atoms with Crippen LogP contribution in [-0.2, 0) is 4.74 Å². The van der Waals surface area contributed by atoms with Crippen molar-refractivity contribution in [2.75, 3.05) is 46.2 Å². The summed E-state index contributed by atoms with van der Waals surface area (Å²) in [6.45, 7) is 1.82. The molecular weight excluding hydrogens is 279 g/mol. The second-order valence-electron chi connectivity index (χ2n) is 5.83. The molecule has 0 atom stereocenters. The molecule has 0 saturated heterocycles. The summed E-state index contributed by atoms with van der Waals surface area (Å²) in [6.07, 6.45) is 3.10. The van der Waals surface area contributed by atoms with Gasteiger partial charge in [0, 0.05) is 37.8 Å².